The van der Waals surface area contributed by atoms with Crippen LogP contribution in [0.4, 0.5) is 11.5 Å². The normalized spacial score (nSPS) is 10.0. The Morgan fingerprint density at radius 3 is 2.62 bits per heavy atom. The molecule has 7 nitrogen and oxygen atoms in total. The number of carboxylic acids is 1. The van der Waals surface area contributed by atoms with E-state index in [9.17, 15) is 9.59 Å². The molecule has 134 valence electrons. The molecule has 1 aromatic heterocycles. The molecule has 0 amide bonds. The molecule has 0 spiro atoms. The van der Waals surface area contributed by atoms with Gasteiger partial charge in [-0.3, -0.25) is 0 Å². The van der Waals surface area contributed by atoms with Gasteiger partial charge in [-0.1, -0.05) is 18.2 Å². The Hall–Kier alpha value is -3.19. The standard InChI is InChI=1S/C18H15N3O4.ClH/c1-2-25-18(24)16-20-14-9-4-3-8-13(14)15(21-16)19-12-7-5-6-11(10-12)17(22)23;/h3-10H,2H2,1H3,(H,22,23)(H,19,20,21);1H. The number of esters is 1. The van der Waals surface area contributed by atoms with Crippen LogP contribution in [-0.2, 0) is 4.74 Å². The van der Waals surface area contributed by atoms with E-state index in [1.165, 1.54) is 12.1 Å². The molecule has 0 bridgehead atoms. The van der Waals surface area contributed by atoms with Crippen molar-refractivity contribution >= 4 is 46.8 Å². The lowest BCUT2D eigenvalue weighted by Crippen LogP contribution is -2.11. The molecular weight excluding hydrogens is 358 g/mol. The number of carboxylic acid groups (broad SMARTS) is 1. The summed E-state index contributed by atoms with van der Waals surface area (Å²) in [6.07, 6.45) is 0. The first-order valence-electron chi connectivity index (χ1n) is 7.62. The number of nitrogens with one attached hydrogen (secondary N) is 1. The molecule has 8 heteroatoms. The van der Waals surface area contributed by atoms with Crippen LogP contribution < -0.4 is 5.32 Å². The van der Waals surface area contributed by atoms with Gasteiger partial charge in [0.2, 0.25) is 5.82 Å². The molecule has 0 aliphatic heterocycles. The van der Waals surface area contributed by atoms with Crippen LogP contribution in [0.15, 0.2) is 48.5 Å². The first-order chi connectivity index (χ1) is 12.1. The van der Waals surface area contributed by atoms with E-state index >= 15 is 0 Å². The van der Waals surface area contributed by atoms with Crippen molar-refractivity contribution < 1.29 is 19.4 Å². The van der Waals surface area contributed by atoms with Gasteiger partial charge in [-0.05, 0) is 37.3 Å². The minimum Gasteiger partial charge on any atom is -0.478 e. The van der Waals surface area contributed by atoms with Gasteiger partial charge in [0.25, 0.3) is 0 Å². The first-order valence-corrected chi connectivity index (χ1v) is 7.62. The maximum atomic E-state index is 12.0. The molecule has 0 aliphatic carbocycles. The van der Waals surface area contributed by atoms with Gasteiger partial charge < -0.3 is 15.2 Å². The van der Waals surface area contributed by atoms with Crippen molar-refractivity contribution in [1.29, 1.82) is 0 Å². The second kappa shape index (κ2) is 8.26. The van der Waals surface area contributed by atoms with Gasteiger partial charge in [0.1, 0.15) is 5.82 Å². The van der Waals surface area contributed by atoms with E-state index in [0.29, 0.717) is 22.4 Å². The summed E-state index contributed by atoms with van der Waals surface area (Å²) in [6, 6.07) is 13.5. The van der Waals surface area contributed by atoms with Crippen LogP contribution in [0.1, 0.15) is 27.9 Å². The number of aromatic carboxylic acids is 1. The number of carbonyl (C=O) groups is 2. The lowest BCUT2D eigenvalue weighted by Gasteiger charge is -2.11. The van der Waals surface area contributed by atoms with Crippen LogP contribution in [0, 0.1) is 0 Å². The summed E-state index contributed by atoms with van der Waals surface area (Å²) >= 11 is 0. The van der Waals surface area contributed by atoms with E-state index in [1.54, 1.807) is 31.2 Å². The smallest absolute Gasteiger partial charge is 0.376 e. The fourth-order valence-corrected chi connectivity index (χ4v) is 2.33. The minimum absolute atomic E-state index is 0. The molecule has 0 unspecified atom stereocenters. The van der Waals surface area contributed by atoms with Crippen LogP contribution in [0.2, 0.25) is 0 Å². The molecule has 3 aromatic rings. The second-order valence-corrected chi connectivity index (χ2v) is 5.14. The number of para-hydroxylation sites is 1. The maximum Gasteiger partial charge on any atom is 0.376 e. The van der Waals surface area contributed by atoms with E-state index in [1.807, 2.05) is 12.1 Å². The van der Waals surface area contributed by atoms with E-state index < -0.39 is 11.9 Å². The number of nitrogens with zero attached hydrogens (tertiary/aromatic N) is 2. The van der Waals surface area contributed by atoms with Crippen LogP contribution >= 0.6 is 12.4 Å². The third-order valence-corrected chi connectivity index (χ3v) is 3.43. The predicted octanol–water partition coefficient (Wildman–Crippen LogP) is 3.67. The Balaban J connectivity index is 0.00000243. The highest BCUT2D eigenvalue weighted by molar-refractivity contribution is 5.95. The topological polar surface area (TPSA) is 101 Å². The van der Waals surface area contributed by atoms with Gasteiger partial charge in [-0.15, -0.1) is 12.4 Å². The third kappa shape index (κ3) is 4.07. The molecule has 0 saturated carbocycles. The molecule has 26 heavy (non-hydrogen) atoms. The Kier molecular flexibility index (Phi) is 6.08. The van der Waals surface area contributed by atoms with Gasteiger partial charge in [0.15, 0.2) is 0 Å². The number of fused-ring (bicyclic) bond motifs is 1. The number of benzene rings is 2. The van der Waals surface area contributed by atoms with Crippen molar-refractivity contribution in [2.24, 2.45) is 0 Å². The summed E-state index contributed by atoms with van der Waals surface area (Å²) in [5.41, 5.74) is 1.27. The number of ether oxygens (including phenoxy) is 1. The highest BCUT2D eigenvalue weighted by Crippen LogP contribution is 2.24. The number of rotatable bonds is 5. The highest BCUT2D eigenvalue weighted by atomic mass is 35.5. The quantitative estimate of drug-likeness (QED) is 0.658. The maximum absolute atomic E-state index is 12.0. The van der Waals surface area contributed by atoms with Crippen molar-refractivity contribution in [3.8, 4) is 0 Å². The zero-order chi connectivity index (χ0) is 17.8. The monoisotopic (exact) mass is 373 g/mol. The van der Waals surface area contributed by atoms with E-state index in [-0.39, 0.29) is 30.4 Å². The SMILES string of the molecule is CCOC(=O)c1nc(Nc2cccc(C(=O)O)c2)c2ccccc2n1.Cl. The molecular formula is C18H16ClN3O4. The second-order valence-electron chi connectivity index (χ2n) is 5.14. The molecule has 0 atom stereocenters. The molecule has 0 saturated heterocycles. The van der Waals surface area contributed by atoms with Crippen molar-refractivity contribution in [2.75, 3.05) is 11.9 Å². The summed E-state index contributed by atoms with van der Waals surface area (Å²) < 4.78 is 4.96. The number of carbonyl (C=O) groups excluding carboxylic acids is 1. The van der Waals surface area contributed by atoms with Crippen LogP contribution in [0.5, 0.6) is 0 Å². The van der Waals surface area contributed by atoms with E-state index in [2.05, 4.69) is 15.3 Å². The summed E-state index contributed by atoms with van der Waals surface area (Å²) in [6.45, 7) is 1.92. The lowest BCUT2D eigenvalue weighted by atomic mass is 10.2. The average molecular weight is 374 g/mol. The number of aromatic nitrogens is 2. The molecule has 0 radical (unpaired) electrons. The van der Waals surface area contributed by atoms with Gasteiger partial charge in [-0.25, -0.2) is 19.6 Å². The number of hydrogen-bond acceptors (Lipinski definition) is 6. The Bertz CT molecular complexity index is 962. The summed E-state index contributed by atoms with van der Waals surface area (Å²) in [5, 5.41) is 12.9. The summed E-state index contributed by atoms with van der Waals surface area (Å²) in [4.78, 5) is 31.6. The summed E-state index contributed by atoms with van der Waals surface area (Å²) in [5.74, 6) is -1.30. The number of anilines is 2. The Morgan fingerprint density at radius 1 is 1.12 bits per heavy atom. The lowest BCUT2D eigenvalue weighted by molar-refractivity contribution is 0.0512. The van der Waals surface area contributed by atoms with Crippen LogP contribution in [-0.4, -0.2) is 33.6 Å². The molecule has 2 aromatic carbocycles. The zero-order valence-electron chi connectivity index (χ0n) is 13.8. The molecule has 1 heterocycles. The van der Waals surface area contributed by atoms with Crippen molar-refractivity contribution in [3.05, 3.63) is 59.9 Å². The van der Waals surface area contributed by atoms with Crippen LogP contribution in [0.25, 0.3) is 10.9 Å². The number of halogens is 1. The Labute approximate surface area is 155 Å². The van der Waals surface area contributed by atoms with Crippen molar-refractivity contribution in [1.82, 2.24) is 9.97 Å². The van der Waals surface area contributed by atoms with Crippen molar-refractivity contribution in [2.45, 2.75) is 6.92 Å². The molecule has 3 rings (SSSR count). The fourth-order valence-electron chi connectivity index (χ4n) is 2.33. The number of hydrogen-bond donors (Lipinski definition) is 2. The van der Waals surface area contributed by atoms with Crippen molar-refractivity contribution in [3.63, 3.8) is 0 Å². The highest BCUT2D eigenvalue weighted by Gasteiger charge is 2.15. The summed E-state index contributed by atoms with van der Waals surface area (Å²) in [7, 11) is 0. The van der Waals surface area contributed by atoms with Crippen LogP contribution in [0.3, 0.4) is 0 Å². The van der Waals surface area contributed by atoms with E-state index in [4.69, 9.17) is 9.84 Å². The molecule has 0 fully saturated rings. The first kappa shape index (κ1) is 19.1. The van der Waals surface area contributed by atoms with E-state index in [0.717, 1.165) is 0 Å². The fraction of sp³-hybridized carbons (Fsp3) is 0.111. The predicted molar refractivity (Wildman–Crippen MR) is 99.4 cm³/mol. The Morgan fingerprint density at radius 2 is 1.88 bits per heavy atom. The third-order valence-electron chi connectivity index (χ3n) is 3.43. The van der Waals surface area contributed by atoms with Gasteiger partial charge in [-0.2, -0.15) is 0 Å². The zero-order valence-corrected chi connectivity index (χ0v) is 14.6. The average Bonchev–Trinajstić information content (AvgIpc) is 2.62. The van der Waals surface area contributed by atoms with Gasteiger partial charge in [0.05, 0.1) is 17.7 Å². The molecule has 0 aliphatic rings. The minimum atomic E-state index is -1.02. The van der Waals surface area contributed by atoms with Gasteiger partial charge in [0, 0.05) is 11.1 Å². The van der Waals surface area contributed by atoms with Gasteiger partial charge >= 0.3 is 11.9 Å². The molecule has 2 N–H and O–H groups in total. The largest absolute Gasteiger partial charge is 0.478 e.